The van der Waals surface area contributed by atoms with Gasteiger partial charge >= 0.3 is 0 Å². The Hall–Kier alpha value is -1.40. The van der Waals surface area contributed by atoms with Crippen LogP contribution >= 0.6 is 27.3 Å². The largest absolute Gasteiger partial charge is 0.382 e. The van der Waals surface area contributed by atoms with Gasteiger partial charge in [0.2, 0.25) is 0 Å². The number of nitrogens with one attached hydrogen (secondary N) is 1. The molecule has 1 aromatic heterocycles. The van der Waals surface area contributed by atoms with Crippen molar-refractivity contribution in [3.05, 3.63) is 33.6 Å². The summed E-state index contributed by atoms with van der Waals surface area (Å²) in [7, 11) is 0. The standard InChI is InChI=1S/C13H14BrN3OS/c1-7(2)10(18)11-12(15)17-13(19-11)16-9-5-3-8(14)4-6-9/h3-7H,15H2,1-2H3,(H,16,17). The summed E-state index contributed by atoms with van der Waals surface area (Å²) in [5.74, 6) is 0.241. The lowest BCUT2D eigenvalue weighted by molar-refractivity contribution is 0.0944. The van der Waals surface area contributed by atoms with E-state index in [4.69, 9.17) is 5.73 Å². The Bertz CT molecular complexity index is 592. The van der Waals surface area contributed by atoms with Crippen LogP contribution in [0.4, 0.5) is 16.6 Å². The summed E-state index contributed by atoms with van der Waals surface area (Å²) in [6, 6.07) is 7.70. The van der Waals surface area contributed by atoms with Crippen molar-refractivity contribution in [2.75, 3.05) is 11.1 Å². The smallest absolute Gasteiger partial charge is 0.189 e. The lowest BCUT2D eigenvalue weighted by atomic mass is 10.1. The second kappa shape index (κ2) is 5.71. The number of benzene rings is 1. The molecular weight excluding hydrogens is 326 g/mol. The van der Waals surface area contributed by atoms with Crippen molar-refractivity contribution in [1.29, 1.82) is 0 Å². The molecule has 0 unspecified atom stereocenters. The Labute approximate surface area is 124 Å². The molecule has 0 atom stereocenters. The van der Waals surface area contributed by atoms with Gasteiger partial charge in [0, 0.05) is 16.1 Å². The van der Waals surface area contributed by atoms with E-state index in [0.29, 0.717) is 15.8 Å². The zero-order chi connectivity index (χ0) is 14.0. The van der Waals surface area contributed by atoms with Gasteiger partial charge in [0.1, 0.15) is 10.7 Å². The molecule has 0 aliphatic carbocycles. The van der Waals surface area contributed by atoms with Gasteiger partial charge in [-0.05, 0) is 24.3 Å². The van der Waals surface area contributed by atoms with Crippen molar-refractivity contribution < 1.29 is 4.79 Å². The van der Waals surface area contributed by atoms with Gasteiger partial charge < -0.3 is 11.1 Å². The molecule has 0 fully saturated rings. The predicted molar refractivity (Wildman–Crippen MR) is 83.1 cm³/mol. The fourth-order valence-corrected chi connectivity index (χ4v) is 2.74. The van der Waals surface area contributed by atoms with Crippen LogP contribution in [-0.4, -0.2) is 10.8 Å². The average molecular weight is 340 g/mol. The van der Waals surface area contributed by atoms with E-state index in [2.05, 4.69) is 26.2 Å². The van der Waals surface area contributed by atoms with Crippen molar-refractivity contribution in [1.82, 2.24) is 4.98 Å². The van der Waals surface area contributed by atoms with Crippen LogP contribution in [0, 0.1) is 5.92 Å². The van der Waals surface area contributed by atoms with E-state index in [1.165, 1.54) is 11.3 Å². The fourth-order valence-electron chi connectivity index (χ4n) is 1.48. The Morgan fingerprint density at radius 3 is 2.58 bits per heavy atom. The molecule has 6 heteroatoms. The maximum absolute atomic E-state index is 11.9. The number of anilines is 3. The molecule has 0 saturated heterocycles. The summed E-state index contributed by atoms with van der Waals surface area (Å²) in [5.41, 5.74) is 6.69. The first-order valence-electron chi connectivity index (χ1n) is 5.80. The molecule has 100 valence electrons. The van der Waals surface area contributed by atoms with E-state index >= 15 is 0 Å². The molecule has 1 aromatic carbocycles. The van der Waals surface area contributed by atoms with Crippen molar-refractivity contribution in [3.8, 4) is 0 Å². The number of Topliss-reactive ketones (excluding diaryl/α,β-unsaturated/α-hetero) is 1. The molecule has 2 rings (SSSR count). The molecule has 0 saturated carbocycles. The molecule has 0 aliphatic heterocycles. The third-order valence-corrected chi connectivity index (χ3v) is 4.03. The van der Waals surface area contributed by atoms with E-state index in [-0.39, 0.29) is 11.7 Å². The number of nitrogen functional groups attached to an aromatic ring is 1. The average Bonchev–Trinajstić information content (AvgIpc) is 2.72. The van der Waals surface area contributed by atoms with Crippen LogP contribution in [0.2, 0.25) is 0 Å². The molecule has 0 bridgehead atoms. The normalized spacial score (nSPS) is 10.7. The highest BCUT2D eigenvalue weighted by molar-refractivity contribution is 9.10. The number of nitrogens with zero attached hydrogens (tertiary/aromatic N) is 1. The summed E-state index contributed by atoms with van der Waals surface area (Å²) in [6.45, 7) is 3.70. The summed E-state index contributed by atoms with van der Waals surface area (Å²) < 4.78 is 1.01. The van der Waals surface area contributed by atoms with E-state index in [0.717, 1.165) is 10.2 Å². The molecule has 0 aliphatic rings. The van der Waals surface area contributed by atoms with Gasteiger partial charge in [-0.2, -0.15) is 0 Å². The molecule has 2 aromatic rings. The summed E-state index contributed by atoms with van der Waals surface area (Å²) in [5, 5.41) is 3.77. The minimum atomic E-state index is -0.0803. The number of halogens is 1. The second-order valence-electron chi connectivity index (χ2n) is 4.38. The first-order valence-corrected chi connectivity index (χ1v) is 7.41. The topological polar surface area (TPSA) is 68.0 Å². The number of thiazole rings is 1. The van der Waals surface area contributed by atoms with Crippen LogP contribution in [0.25, 0.3) is 0 Å². The van der Waals surface area contributed by atoms with Gasteiger partial charge in [-0.3, -0.25) is 4.79 Å². The van der Waals surface area contributed by atoms with Crippen molar-refractivity contribution >= 4 is 49.7 Å². The quantitative estimate of drug-likeness (QED) is 0.824. The Morgan fingerprint density at radius 2 is 2.00 bits per heavy atom. The summed E-state index contributed by atoms with van der Waals surface area (Å²) in [4.78, 5) is 16.6. The molecular formula is C13H14BrN3OS. The molecule has 0 radical (unpaired) electrons. The SMILES string of the molecule is CC(C)C(=O)c1sc(Nc2ccc(Br)cc2)nc1N. The van der Waals surface area contributed by atoms with Crippen molar-refractivity contribution in [2.24, 2.45) is 5.92 Å². The van der Waals surface area contributed by atoms with E-state index < -0.39 is 0 Å². The van der Waals surface area contributed by atoms with E-state index in [9.17, 15) is 4.79 Å². The molecule has 0 amide bonds. The van der Waals surface area contributed by atoms with Gasteiger partial charge in [0.15, 0.2) is 10.9 Å². The zero-order valence-corrected chi connectivity index (χ0v) is 13.0. The number of carbonyl (C=O) groups excluding carboxylic acids is 1. The van der Waals surface area contributed by atoms with Gasteiger partial charge in [-0.1, -0.05) is 41.1 Å². The van der Waals surface area contributed by atoms with Gasteiger partial charge in [0.05, 0.1) is 0 Å². The first-order chi connectivity index (χ1) is 8.97. The highest BCUT2D eigenvalue weighted by Crippen LogP contribution is 2.29. The Kier molecular flexibility index (Phi) is 4.21. The van der Waals surface area contributed by atoms with E-state index in [1.807, 2.05) is 38.1 Å². The van der Waals surface area contributed by atoms with Gasteiger partial charge in [-0.15, -0.1) is 0 Å². The Morgan fingerprint density at radius 1 is 1.37 bits per heavy atom. The number of carbonyl (C=O) groups is 1. The van der Waals surface area contributed by atoms with Gasteiger partial charge in [-0.25, -0.2) is 4.98 Å². The number of rotatable bonds is 4. The molecule has 19 heavy (non-hydrogen) atoms. The lowest BCUT2D eigenvalue weighted by Gasteiger charge is -2.01. The van der Waals surface area contributed by atoms with Crippen LogP contribution < -0.4 is 11.1 Å². The fraction of sp³-hybridized carbons (Fsp3) is 0.231. The minimum absolute atomic E-state index is 0.0267. The van der Waals surface area contributed by atoms with Gasteiger partial charge in [0.25, 0.3) is 0 Å². The first kappa shape index (κ1) is 14.0. The van der Waals surface area contributed by atoms with Crippen molar-refractivity contribution in [2.45, 2.75) is 13.8 Å². The lowest BCUT2D eigenvalue weighted by Crippen LogP contribution is -2.07. The third kappa shape index (κ3) is 3.33. The third-order valence-electron chi connectivity index (χ3n) is 2.50. The number of nitrogens with two attached hydrogens (primary N) is 1. The summed E-state index contributed by atoms with van der Waals surface area (Å²) >= 11 is 4.66. The van der Waals surface area contributed by atoms with Crippen LogP contribution in [0.5, 0.6) is 0 Å². The van der Waals surface area contributed by atoms with Crippen LogP contribution in [0.1, 0.15) is 23.5 Å². The number of aromatic nitrogens is 1. The second-order valence-corrected chi connectivity index (χ2v) is 6.30. The van der Waals surface area contributed by atoms with E-state index in [1.54, 1.807) is 0 Å². The molecule has 3 N–H and O–H groups in total. The van der Waals surface area contributed by atoms with Crippen LogP contribution in [-0.2, 0) is 0 Å². The molecule has 0 spiro atoms. The van der Waals surface area contributed by atoms with Crippen LogP contribution in [0.15, 0.2) is 28.7 Å². The number of hydrogen-bond donors (Lipinski definition) is 2. The number of ketones is 1. The molecule has 1 heterocycles. The maximum Gasteiger partial charge on any atom is 0.189 e. The predicted octanol–water partition coefficient (Wildman–Crippen LogP) is 4.07. The maximum atomic E-state index is 11.9. The Balaban J connectivity index is 2.21. The van der Waals surface area contributed by atoms with Crippen LogP contribution in [0.3, 0.4) is 0 Å². The highest BCUT2D eigenvalue weighted by atomic mass is 79.9. The zero-order valence-electron chi connectivity index (χ0n) is 10.6. The minimum Gasteiger partial charge on any atom is -0.382 e. The molecule has 4 nitrogen and oxygen atoms in total. The highest BCUT2D eigenvalue weighted by Gasteiger charge is 2.18. The monoisotopic (exact) mass is 339 g/mol. The number of hydrogen-bond acceptors (Lipinski definition) is 5. The van der Waals surface area contributed by atoms with Crippen molar-refractivity contribution in [3.63, 3.8) is 0 Å². The summed E-state index contributed by atoms with van der Waals surface area (Å²) in [6.07, 6.45) is 0.